The largest absolute Gasteiger partial charge is 0.489 e. The van der Waals surface area contributed by atoms with Gasteiger partial charge in [0, 0.05) is 59.2 Å². The third-order valence-electron chi connectivity index (χ3n) is 24.3. The Kier molecular flexibility index (Phi) is 30.1. The lowest BCUT2D eigenvalue weighted by molar-refractivity contribution is 0.266. The zero-order chi connectivity index (χ0) is 96.3. The standard InChI is InChI=1S/C127H105NO15/c129-75-98-54-110(138-84-103-64-120(140-86-99-56-112(130-76-90-27-9-1-10-28-90)69-113(57-99)131-77-91-29-11-2-12-30-91)73-121(65-103)141-87-100-58-114(132-78-92-31-13-3-14-32-92)70-115(59-100)133-79-93-33-15-4-16-34-93)68-111(55-98)139-85-104-66-122(142-88-101-60-116(134-80-94-35-17-5-18-36-94)71-117(61-101)135-81-95-37-19-6-20-38-95)74-123(67-104)143-89-102-62-118(136-82-96-39-21-7-22-40-96)72-119(63-102)137-83-97-41-25-46-109(53-97)128(108-44-23-8-24-45-108)125-52-50-107-48-47-105-42-26-43-106-49-51-124(125)127(107)126(105)106/h1-74,129H,75-89H2. The molecule has 0 fully saturated rings. The molecule has 0 unspecified atom stereocenters. The second-order valence-corrected chi connectivity index (χ2v) is 35.1. The molecule has 0 aromatic heterocycles. The van der Waals surface area contributed by atoms with Gasteiger partial charge in [0.25, 0.3) is 0 Å². The fourth-order valence-electron chi connectivity index (χ4n) is 17.2. The number of aliphatic hydroxyl groups excluding tert-OH is 1. The molecule has 0 radical (unpaired) electrons. The van der Waals surface area contributed by atoms with Gasteiger partial charge < -0.3 is 76.3 Å². The van der Waals surface area contributed by atoms with Crippen molar-refractivity contribution in [3.8, 4) is 80.5 Å². The van der Waals surface area contributed by atoms with Crippen molar-refractivity contribution in [1.82, 2.24) is 0 Å². The Balaban J connectivity index is 0.584. The predicted molar refractivity (Wildman–Crippen MR) is 562 cm³/mol. The average Bonchev–Trinajstić information content (AvgIpc) is 0.731. The van der Waals surface area contributed by atoms with Gasteiger partial charge >= 0.3 is 0 Å². The third-order valence-corrected chi connectivity index (χ3v) is 24.3. The van der Waals surface area contributed by atoms with E-state index in [4.69, 9.17) is 66.3 Å². The molecule has 0 heterocycles. The molecular formula is C127H105NO15. The Hall–Kier alpha value is -17.6. The van der Waals surface area contributed by atoms with Gasteiger partial charge in [-0.15, -0.1) is 0 Å². The summed E-state index contributed by atoms with van der Waals surface area (Å²) in [6, 6.07) is 150. The van der Waals surface area contributed by atoms with Crippen molar-refractivity contribution in [2.24, 2.45) is 0 Å². The Morgan fingerprint density at radius 3 is 0.601 bits per heavy atom. The second-order valence-electron chi connectivity index (χ2n) is 35.1. The van der Waals surface area contributed by atoms with Gasteiger partial charge in [0.2, 0.25) is 0 Å². The first kappa shape index (κ1) is 93.1. The molecule has 16 nitrogen and oxygen atoms in total. The molecular weight excluding hydrogens is 1780 g/mol. The maximum absolute atomic E-state index is 11.0. The maximum atomic E-state index is 11.0. The Morgan fingerprint density at radius 2 is 0.343 bits per heavy atom. The fourth-order valence-corrected chi connectivity index (χ4v) is 17.2. The van der Waals surface area contributed by atoms with Crippen LogP contribution in [0.1, 0.15) is 83.5 Å². The number of hydrogen-bond acceptors (Lipinski definition) is 16. The molecule has 0 aliphatic carbocycles. The summed E-state index contributed by atoms with van der Waals surface area (Å²) in [5, 5.41) is 18.3. The summed E-state index contributed by atoms with van der Waals surface area (Å²) in [7, 11) is 0. The average molecular weight is 1890 g/mol. The van der Waals surface area contributed by atoms with Crippen LogP contribution in [0.15, 0.2) is 449 Å². The summed E-state index contributed by atoms with van der Waals surface area (Å²) in [6.07, 6.45) is 0. The lowest BCUT2D eigenvalue weighted by atomic mass is 9.93. The molecule has 0 spiro atoms. The summed E-state index contributed by atoms with van der Waals surface area (Å²) < 4.78 is 93.2. The number of benzene rings is 20. The van der Waals surface area contributed by atoms with Gasteiger partial charge in [-0.05, 0) is 226 Å². The number of para-hydroxylation sites is 1. The van der Waals surface area contributed by atoms with Crippen LogP contribution in [0.4, 0.5) is 17.1 Å². The van der Waals surface area contributed by atoms with Crippen LogP contribution in [-0.2, 0) is 99.1 Å². The van der Waals surface area contributed by atoms with E-state index in [1.807, 2.05) is 328 Å². The van der Waals surface area contributed by atoms with Crippen molar-refractivity contribution in [2.45, 2.75) is 99.1 Å². The first-order valence-corrected chi connectivity index (χ1v) is 47.9. The maximum Gasteiger partial charge on any atom is 0.123 e. The van der Waals surface area contributed by atoms with Crippen LogP contribution in [0.3, 0.4) is 0 Å². The highest BCUT2D eigenvalue weighted by Crippen LogP contribution is 2.45. The number of nitrogens with zero attached hydrogens (tertiary/aromatic N) is 1. The summed E-state index contributed by atoms with van der Waals surface area (Å²) in [4.78, 5) is 2.34. The van der Waals surface area contributed by atoms with Crippen LogP contribution in [0.5, 0.6) is 80.5 Å². The zero-order valence-electron chi connectivity index (χ0n) is 78.9. The third kappa shape index (κ3) is 25.7. The monoisotopic (exact) mass is 1880 g/mol. The van der Waals surface area contributed by atoms with E-state index in [-0.39, 0.29) is 52.9 Å². The van der Waals surface area contributed by atoms with E-state index < -0.39 is 0 Å². The van der Waals surface area contributed by atoms with Gasteiger partial charge in [-0.2, -0.15) is 0 Å². The van der Waals surface area contributed by atoms with E-state index in [9.17, 15) is 5.11 Å². The van der Waals surface area contributed by atoms with Crippen LogP contribution in [0, 0.1) is 0 Å². The molecule has 1 N–H and O–H groups in total. The number of ether oxygens (including phenoxy) is 14. The summed E-state index contributed by atoms with van der Waals surface area (Å²) >= 11 is 0. The normalized spacial score (nSPS) is 11.1. The molecule has 0 saturated heterocycles. The molecule has 0 atom stereocenters. The minimum Gasteiger partial charge on any atom is -0.489 e. The van der Waals surface area contributed by atoms with E-state index in [1.165, 1.54) is 26.9 Å². The molecule has 20 rings (SSSR count). The lowest BCUT2D eigenvalue weighted by Gasteiger charge is -2.28. The van der Waals surface area contributed by atoms with Gasteiger partial charge in [0.05, 0.1) is 12.3 Å². The van der Waals surface area contributed by atoms with Crippen molar-refractivity contribution in [2.75, 3.05) is 4.90 Å². The summed E-state index contributed by atoms with van der Waals surface area (Å²) in [6.45, 7) is 2.96. The van der Waals surface area contributed by atoms with Gasteiger partial charge in [-0.25, -0.2) is 0 Å². The lowest BCUT2D eigenvalue weighted by Crippen LogP contribution is -2.11. The van der Waals surface area contributed by atoms with Crippen molar-refractivity contribution >= 4 is 49.4 Å². The quantitative estimate of drug-likeness (QED) is 0.0360. The Bertz CT molecular complexity index is 7210. The van der Waals surface area contributed by atoms with Crippen molar-refractivity contribution in [3.05, 3.63) is 532 Å². The number of hydrogen-bond donors (Lipinski definition) is 1. The second kappa shape index (κ2) is 46.2. The van der Waals surface area contributed by atoms with Crippen molar-refractivity contribution in [3.63, 3.8) is 0 Å². The SMILES string of the molecule is OCc1cc(OCc2cc(OCc3cc(OCc4ccccc4)cc(OCc4ccccc4)c3)cc(OCc3cc(OCc4ccccc4)cc(OCc4ccccc4)c3)c2)cc(OCc2cc(OCc3cc(OCc4ccccc4)cc(OCc4ccccc4)c3)cc(OCc3cc(OCc4ccccc4)cc(OCc4cccc(N(c5ccccc5)c5ccc6ccc7cccc8ccc5c6c78)c4)c3)c2)c1. The smallest absolute Gasteiger partial charge is 0.123 e. The molecule has 0 aliphatic heterocycles. The number of anilines is 3. The van der Waals surface area contributed by atoms with Crippen LogP contribution >= 0.6 is 0 Å². The van der Waals surface area contributed by atoms with E-state index in [2.05, 4.69) is 114 Å². The molecule has 20 aromatic carbocycles. The highest BCUT2D eigenvalue weighted by molar-refractivity contribution is 6.25. The Labute approximate surface area is 832 Å². The minimum absolute atomic E-state index is 0.0389. The van der Waals surface area contributed by atoms with Crippen LogP contribution in [-0.4, -0.2) is 5.11 Å². The molecule has 0 aliphatic rings. The molecule has 16 heteroatoms. The van der Waals surface area contributed by atoms with Crippen molar-refractivity contribution < 1.29 is 71.4 Å². The van der Waals surface area contributed by atoms with E-state index in [1.54, 1.807) is 12.1 Å². The highest BCUT2D eigenvalue weighted by atomic mass is 16.5. The Morgan fingerprint density at radius 1 is 0.147 bits per heavy atom. The number of aliphatic hydroxyl groups is 1. The molecule has 20 aromatic rings. The minimum atomic E-state index is -0.307. The van der Waals surface area contributed by atoms with Gasteiger partial charge in [0.15, 0.2) is 0 Å². The van der Waals surface area contributed by atoms with Crippen LogP contribution in [0.2, 0.25) is 0 Å². The van der Waals surface area contributed by atoms with Crippen molar-refractivity contribution in [1.29, 1.82) is 0 Å². The molecule has 143 heavy (non-hydrogen) atoms. The van der Waals surface area contributed by atoms with Gasteiger partial charge in [-0.1, -0.05) is 291 Å². The topological polar surface area (TPSA) is 153 Å². The first-order valence-electron chi connectivity index (χ1n) is 47.9. The first-order chi connectivity index (χ1) is 70.6. The zero-order valence-corrected chi connectivity index (χ0v) is 78.9. The van der Waals surface area contributed by atoms with Gasteiger partial charge in [-0.3, -0.25) is 0 Å². The van der Waals surface area contributed by atoms with Crippen LogP contribution in [0.25, 0.3) is 32.3 Å². The molecule has 0 bridgehead atoms. The fraction of sp³-hybridized carbons (Fsp3) is 0.118. The van der Waals surface area contributed by atoms with Crippen LogP contribution < -0.4 is 71.2 Å². The highest BCUT2D eigenvalue weighted by Gasteiger charge is 2.22. The predicted octanol–water partition coefficient (Wildman–Crippen LogP) is 29.7. The van der Waals surface area contributed by atoms with E-state index in [0.717, 1.165) is 94.8 Å². The molecule has 0 amide bonds. The summed E-state index contributed by atoms with van der Waals surface area (Å²) in [5.41, 5.74) is 16.4. The van der Waals surface area contributed by atoms with E-state index in [0.29, 0.717) is 138 Å². The number of rotatable bonds is 46. The summed E-state index contributed by atoms with van der Waals surface area (Å²) in [5.74, 6) is 7.82. The van der Waals surface area contributed by atoms with E-state index >= 15 is 0 Å². The van der Waals surface area contributed by atoms with Gasteiger partial charge in [0.1, 0.15) is 173 Å². The molecule has 0 saturated carbocycles. The molecule has 708 valence electrons.